The summed E-state index contributed by atoms with van der Waals surface area (Å²) in [5.74, 6) is 0. The van der Waals surface area contributed by atoms with E-state index in [1.807, 2.05) is 0 Å². The van der Waals surface area contributed by atoms with Crippen LogP contribution < -0.4 is 0 Å². The van der Waals surface area contributed by atoms with Crippen molar-refractivity contribution in [2.45, 2.75) is 9.79 Å². The van der Waals surface area contributed by atoms with Crippen LogP contribution in [0, 0.1) is 20.2 Å². The van der Waals surface area contributed by atoms with Gasteiger partial charge in [0.1, 0.15) is 0 Å². The second-order valence-electron chi connectivity index (χ2n) is 4.45. The molecule has 0 aromatic heterocycles. The molecule has 0 aliphatic carbocycles. The summed E-state index contributed by atoms with van der Waals surface area (Å²) in [5, 5.41) is 20.3. The Morgan fingerprint density at radius 3 is 1.00 bits per heavy atom. The fraction of sp³-hybridized carbons (Fsp3) is 0. The third-order valence-electron chi connectivity index (χ3n) is 2.69. The van der Waals surface area contributed by atoms with Crippen molar-refractivity contribution in [1.29, 1.82) is 0 Å². The number of benzene rings is 2. The van der Waals surface area contributed by atoms with E-state index in [1.54, 1.807) is 0 Å². The predicted molar refractivity (Wildman–Crippen MR) is 85.8 cm³/mol. The Morgan fingerprint density at radius 1 is 0.615 bits per heavy atom. The van der Waals surface area contributed by atoms with E-state index in [4.69, 9.17) is 9.11 Å². The molecule has 0 spiro atoms. The zero-order valence-electron chi connectivity index (χ0n) is 12.5. The Morgan fingerprint density at radius 2 is 0.846 bits per heavy atom. The van der Waals surface area contributed by atoms with Gasteiger partial charge in [0.05, 0.1) is 19.6 Å². The van der Waals surface area contributed by atoms with Gasteiger partial charge in [0, 0.05) is 24.3 Å². The third-order valence-corrected chi connectivity index (χ3v) is 4.43. The predicted octanol–water partition coefficient (Wildman–Crippen LogP) is 1.68. The summed E-state index contributed by atoms with van der Waals surface area (Å²) in [5.41, 5.74) is -0.459. The highest BCUT2D eigenvalue weighted by Gasteiger charge is 2.12. The first-order valence-electron chi connectivity index (χ1n) is 6.26. The zero-order chi connectivity index (χ0) is 20.1. The molecular weight excluding hydrogens is 396 g/mol. The smallest absolute Gasteiger partial charge is 0.282 e. The summed E-state index contributed by atoms with van der Waals surface area (Å²) in [6.45, 7) is 0. The number of nitro groups is 2. The van der Waals surface area contributed by atoms with Crippen molar-refractivity contribution >= 4 is 31.6 Å². The SMILES string of the molecule is O=[N+]([O-])c1ccc(S(=O)(=O)O)cc1.O=[N+]([O-])c1ccc(S(=O)(=O)O)cc1. The molecule has 0 amide bonds. The van der Waals surface area contributed by atoms with Gasteiger partial charge in [0.2, 0.25) is 0 Å². The molecule has 0 radical (unpaired) electrons. The van der Waals surface area contributed by atoms with E-state index in [0.29, 0.717) is 0 Å². The molecule has 2 aromatic rings. The van der Waals surface area contributed by atoms with E-state index in [0.717, 1.165) is 48.5 Å². The summed E-state index contributed by atoms with van der Waals surface area (Å²) in [6.07, 6.45) is 0. The van der Waals surface area contributed by atoms with E-state index in [2.05, 4.69) is 0 Å². The van der Waals surface area contributed by atoms with Gasteiger partial charge in [-0.05, 0) is 24.3 Å². The molecule has 14 heteroatoms. The van der Waals surface area contributed by atoms with Gasteiger partial charge in [-0.15, -0.1) is 0 Å². The quantitative estimate of drug-likeness (QED) is 0.428. The number of rotatable bonds is 4. The van der Waals surface area contributed by atoms with Gasteiger partial charge < -0.3 is 0 Å². The van der Waals surface area contributed by atoms with Crippen LogP contribution in [0.2, 0.25) is 0 Å². The van der Waals surface area contributed by atoms with Crippen molar-refractivity contribution in [2.24, 2.45) is 0 Å². The fourth-order valence-electron chi connectivity index (χ4n) is 1.48. The van der Waals surface area contributed by atoms with Gasteiger partial charge in [-0.1, -0.05) is 0 Å². The van der Waals surface area contributed by atoms with E-state index in [1.165, 1.54) is 0 Å². The molecular formula is C12H10N2O10S2. The normalized spacial score (nSPS) is 11.2. The summed E-state index contributed by atoms with van der Waals surface area (Å²) in [6, 6.07) is 7.88. The van der Waals surface area contributed by atoms with Crippen molar-refractivity contribution in [3.8, 4) is 0 Å². The molecule has 26 heavy (non-hydrogen) atoms. The van der Waals surface area contributed by atoms with Crippen molar-refractivity contribution in [1.82, 2.24) is 0 Å². The van der Waals surface area contributed by atoms with E-state index >= 15 is 0 Å². The molecule has 2 rings (SSSR count). The lowest BCUT2D eigenvalue weighted by Crippen LogP contribution is -1.97. The number of nitrogens with zero attached hydrogens (tertiary/aromatic N) is 2. The highest BCUT2D eigenvalue weighted by atomic mass is 32.2. The second kappa shape index (κ2) is 7.96. The molecule has 0 heterocycles. The van der Waals surface area contributed by atoms with Gasteiger partial charge in [-0.3, -0.25) is 29.3 Å². The first-order chi connectivity index (χ1) is 11.8. The summed E-state index contributed by atoms with van der Waals surface area (Å²) in [4.78, 5) is 18.3. The van der Waals surface area contributed by atoms with Crippen LogP contribution in [0.3, 0.4) is 0 Å². The number of nitro benzene ring substituents is 2. The number of hydrogen-bond acceptors (Lipinski definition) is 8. The molecule has 0 saturated carbocycles. The fourth-order valence-corrected chi connectivity index (χ4v) is 2.44. The molecule has 12 nitrogen and oxygen atoms in total. The average molecular weight is 406 g/mol. The molecule has 140 valence electrons. The summed E-state index contributed by atoms with van der Waals surface area (Å²) in [7, 11) is -8.54. The van der Waals surface area contributed by atoms with Crippen LogP contribution in [0.25, 0.3) is 0 Å². The topological polar surface area (TPSA) is 195 Å². The molecule has 0 fully saturated rings. The van der Waals surface area contributed by atoms with Gasteiger partial charge in [-0.2, -0.15) is 16.8 Å². The van der Waals surface area contributed by atoms with Crippen LogP contribution in [0.5, 0.6) is 0 Å². The highest BCUT2D eigenvalue weighted by molar-refractivity contribution is 7.86. The Balaban J connectivity index is 0.000000260. The zero-order valence-corrected chi connectivity index (χ0v) is 14.1. The lowest BCUT2D eigenvalue weighted by atomic mass is 10.3. The Kier molecular flexibility index (Phi) is 6.46. The standard InChI is InChI=1S/2C6H5NO5S/c2*8-7(9)5-1-3-6(4-2-5)13(10,11)12/h2*1-4H,(H,10,11,12). The summed E-state index contributed by atoms with van der Waals surface area (Å²) < 4.78 is 59.0. The minimum atomic E-state index is -4.27. The molecule has 2 N–H and O–H groups in total. The molecule has 0 atom stereocenters. The largest absolute Gasteiger partial charge is 0.294 e. The maximum absolute atomic E-state index is 10.5. The maximum Gasteiger partial charge on any atom is 0.294 e. The second-order valence-corrected chi connectivity index (χ2v) is 7.30. The number of non-ortho nitro benzene ring substituents is 2. The summed E-state index contributed by atoms with van der Waals surface area (Å²) >= 11 is 0. The number of hydrogen-bond donors (Lipinski definition) is 2. The van der Waals surface area contributed by atoms with Gasteiger partial charge >= 0.3 is 0 Å². The average Bonchev–Trinajstić information content (AvgIpc) is 2.54. The van der Waals surface area contributed by atoms with Crippen LogP contribution >= 0.6 is 0 Å². The highest BCUT2D eigenvalue weighted by Crippen LogP contribution is 2.15. The van der Waals surface area contributed by atoms with Crippen molar-refractivity contribution in [2.75, 3.05) is 0 Å². The van der Waals surface area contributed by atoms with Crippen LogP contribution in [-0.4, -0.2) is 35.8 Å². The molecule has 0 aliphatic rings. The van der Waals surface area contributed by atoms with E-state index < -0.39 is 30.1 Å². The van der Waals surface area contributed by atoms with Crippen molar-refractivity contribution < 1.29 is 35.8 Å². The van der Waals surface area contributed by atoms with Gasteiger partial charge in [0.25, 0.3) is 31.6 Å². The third kappa shape index (κ3) is 6.17. The van der Waals surface area contributed by atoms with E-state index in [9.17, 15) is 37.1 Å². The van der Waals surface area contributed by atoms with Crippen LogP contribution in [-0.2, 0) is 20.2 Å². The molecule has 2 aromatic carbocycles. The van der Waals surface area contributed by atoms with E-state index in [-0.39, 0.29) is 21.2 Å². The van der Waals surface area contributed by atoms with Crippen LogP contribution in [0.4, 0.5) is 11.4 Å². The van der Waals surface area contributed by atoms with Crippen LogP contribution in [0.1, 0.15) is 0 Å². The first kappa shape index (κ1) is 21.1. The first-order valence-corrected chi connectivity index (χ1v) is 9.14. The van der Waals surface area contributed by atoms with Crippen molar-refractivity contribution in [3.63, 3.8) is 0 Å². The Bertz CT molecular complexity index is 927. The molecule has 0 unspecified atom stereocenters. The monoisotopic (exact) mass is 406 g/mol. The lowest BCUT2D eigenvalue weighted by molar-refractivity contribution is -0.385. The molecule has 0 aliphatic heterocycles. The van der Waals surface area contributed by atoms with Gasteiger partial charge in [-0.25, -0.2) is 0 Å². The molecule has 0 saturated heterocycles. The minimum Gasteiger partial charge on any atom is -0.282 e. The maximum atomic E-state index is 10.5. The lowest BCUT2D eigenvalue weighted by Gasteiger charge is -1.94. The van der Waals surface area contributed by atoms with Crippen LogP contribution in [0.15, 0.2) is 58.3 Å². The Labute approximate surface area is 146 Å². The van der Waals surface area contributed by atoms with Crippen molar-refractivity contribution in [3.05, 3.63) is 68.8 Å². The minimum absolute atomic E-state index is 0.229. The Hall–Kier alpha value is -2.94. The van der Waals surface area contributed by atoms with Gasteiger partial charge in [0.15, 0.2) is 0 Å². The molecule has 0 bridgehead atoms.